The number of carbonyl (C=O) groups excluding carboxylic acids is 1. The molecule has 0 spiro atoms. The number of aryl methyl sites for hydroxylation is 1. The van der Waals surface area contributed by atoms with E-state index >= 15 is 0 Å². The van der Waals surface area contributed by atoms with Crippen molar-refractivity contribution in [1.29, 1.82) is 0 Å². The molecule has 2 fully saturated rings. The van der Waals surface area contributed by atoms with Crippen molar-refractivity contribution in [1.82, 2.24) is 4.90 Å². The predicted octanol–water partition coefficient (Wildman–Crippen LogP) is 2.56. The molecule has 124 valence electrons. The lowest BCUT2D eigenvalue weighted by molar-refractivity contribution is -0.128. The Hall–Kier alpha value is -1.39. The van der Waals surface area contributed by atoms with Crippen LogP contribution in [0.2, 0.25) is 0 Å². The molecule has 4 atom stereocenters. The summed E-state index contributed by atoms with van der Waals surface area (Å²) in [6.45, 7) is 0.934. The largest absolute Gasteiger partial charge is 0.368 e. The Bertz CT molecular complexity index is 588. The monoisotopic (exact) mass is 314 g/mol. The number of fused-ring (bicyclic) bond motifs is 2. The van der Waals surface area contributed by atoms with Gasteiger partial charge in [0.05, 0.1) is 12.1 Å². The first-order valence-electron chi connectivity index (χ1n) is 9.02. The quantitative estimate of drug-likeness (QED) is 0.913. The summed E-state index contributed by atoms with van der Waals surface area (Å²) in [4.78, 5) is 13.8. The van der Waals surface area contributed by atoms with E-state index < -0.39 is 0 Å². The number of ether oxygens (including phenoxy) is 1. The Morgan fingerprint density at radius 1 is 1.13 bits per heavy atom. The van der Waals surface area contributed by atoms with Gasteiger partial charge >= 0.3 is 0 Å². The molecule has 23 heavy (non-hydrogen) atoms. The summed E-state index contributed by atoms with van der Waals surface area (Å²) in [5.41, 5.74) is 8.54. The van der Waals surface area contributed by atoms with E-state index in [-0.39, 0.29) is 24.3 Å². The van der Waals surface area contributed by atoms with Crippen LogP contribution in [-0.4, -0.2) is 35.7 Å². The SMILES string of the molecule is NC(=O)C1CCC2OC([C@H]3CCCc4ccccc43)CCCN21. The maximum absolute atomic E-state index is 11.6. The molecule has 3 unspecified atom stereocenters. The molecule has 0 radical (unpaired) electrons. The van der Waals surface area contributed by atoms with Crippen molar-refractivity contribution < 1.29 is 9.53 Å². The summed E-state index contributed by atoms with van der Waals surface area (Å²) in [7, 11) is 0. The number of amides is 1. The molecule has 1 aromatic carbocycles. The summed E-state index contributed by atoms with van der Waals surface area (Å²) in [6, 6.07) is 8.72. The van der Waals surface area contributed by atoms with Crippen LogP contribution in [-0.2, 0) is 16.0 Å². The highest BCUT2D eigenvalue weighted by atomic mass is 16.5. The zero-order chi connectivity index (χ0) is 15.8. The molecule has 2 N–H and O–H groups in total. The molecule has 4 rings (SSSR count). The fourth-order valence-corrected chi connectivity index (χ4v) is 4.80. The number of benzene rings is 1. The normalized spacial score (nSPS) is 34.4. The number of hydrogen-bond acceptors (Lipinski definition) is 3. The molecule has 3 aliphatic rings. The second kappa shape index (κ2) is 6.25. The molecule has 2 saturated heterocycles. The van der Waals surface area contributed by atoms with Gasteiger partial charge in [0.2, 0.25) is 5.91 Å². The van der Waals surface area contributed by atoms with Gasteiger partial charge in [0.15, 0.2) is 0 Å². The Morgan fingerprint density at radius 2 is 2.00 bits per heavy atom. The van der Waals surface area contributed by atoms with Gasteiger partial charge in [-0.2, -0.15) is 0 Å². The second-order valence-corrected chi connectivity index (χ2v) is 7.20. The fraction of sp³-hybridized carbons (Fsp3) is 0.632. The molecule has 0 saturated carbocycles. The second-order valence-electron chi connectivity index (χ2n) is 7.20. The Kier molecular flexibility index (Phi) is 4.12. The summed E-state index contributed by atoms with van der Waals surface area (Å²) in [6.07, 6.45) is 7.95. The van der Waals surface area contributed by atoms with Gasteiger partial charge in [-0.15, -0.1) is 0 Å². The van der Waals surface area contributed by atoms with Gasteiger partial charge in [-0.3, -0.25) is 9.69 Å². The van der Waals surface area contributed by atoms with E-state index in [2.05, 4.69) is 29.2 Å². The average Bonchev–Trinajstić information content (AvgIpc) is 2.85. The zero-order valence-electron chi connectivity index (χ0n) is 13.6. The van der Waals surface area contributed by atoms with Gasteiger partial charge in [0.1, 0.15) is 6.23 Å². The molecule has 0 aromatic heterocycles. The van der Waals surface area contributed by atoms with E-state index in [1.165, 1.54) is 30.4 Å². The number of nitrogens with zero attached hydrogens (tertiary/aromatic N) is 1. The van der Waals surface area contributed by atoms with Crippen LogP contribution >= 0.6 is 0 Å². The molecular weight excluding hydrogens is 288 g/mol. The molecule has 0 bridgehead atoms. The van der Waals surface area contributed by atoms with E-state index in [1.807, 2.05) is 0 Å². The zero-order valence-corrected chi connectivity index (χ0v) is 13.6. The number of nitrogens with two attached hydrogens (primary N) is 1. The van der Waals surface area contributed by atoms with Gasteiger partial charge in [-0.25, -0.2) is 0 Å². The number of carbonyl (C=O) groups is 1. The standard InChI is InChI=1S/C19H26N2O2/c20-19(22)16-10-11-18-21(16)12-4-9-17(23-18)15-8-3-6-13-5-1-2-7-14(13)15/h1-2,5,7,15-18H,3-4,6,8-12H2,(H2,20,22)/t15-,16?,17?,18?/m0/s1. The third kappa shape index (κ3) is 2.79. The highest BCUT2D eigenvalue weighted by molar-refractivity contribution is 5.80. The molecule has 4 nitrogen and oxygen atoms in total. The van der Waals surface area contributed by atoms with Gasteiger partial charge < -0.3 is 10.5 Å². The number of rotatable bonds is 2. The highest BCUT2D eigenvalue weighted by Crippen LogP contribution is 2.40. The third-order valence-electron chi connectivity index (χ3n) is 5.89. The van der Waals surface area contributed by atoms with Crippen LogP contribution in [0.5, 0.6) is 0 Å². The molecule has 1 amide bonds. The number of hydrogen-bond donors (Lipinski definition) is 1. The minimum absolute atomic E-state index is 0.0779. The van der Waals surface area contributed by atoms with Crippen LogP contribution in [0.15, 0.2) is 24.3 Å². The third-order valence-corrected chi connectivity index (χ3v) is 5.89. The molecule has 2 heterocycles. The Balaban J connectivity index is 1.54. The van der Waals surface area contributed by atoms with Crippen LogP contribution in [0.3, 0.4) is 0 Å². The maximum atomic E-state index is 11.6. The predicted molar refractivity (Wildman–Crippen MR) is 88.9 cm³/mol. The molecule has 1 aromatic rings. The Morgan fingerprint density at radius 3 is 2.87 bits per heavy atom. The average molecular weight is 314 g/mol. The van der Waals surface area contributed by atoms with Crippen molar-refractivity contribution in [2.75, 3.05) is 6.54 Å². The van der Waals surface area contributed by atoms with Crippen LogP contribution in [0, 0.1) is 0 Å². The van der Waals surface area contributed by atoms with Gasteiger partial charge in [0, 0.05) is 12.5 Å². The molecular formula is C19H26N2O2. The van der Waals surface area contributed by atoms with Crippen molar-refractivity contribution in [2.24, 2.45) is 5.73 Å². The van der Waals surface area contributed by atoms with Crippen molar-refractivity contribution in [3.63, 3.8) is 0 Å². The van der Waals surface area contributed by atoms with Gasteiger partial charge in [0.25, 0.3) is 0 Å². The minimum atomic E-state index is -0.197. The highest BCUT2D eigenvalue weighted by Gasteiger charge is 2.41. The van der Waals surface area contributed by atoms with Crippen molar-refractivity contribution in [2.45, 2.75) is 69.2 Å². The first kappa shape index (κ1) is 15.2. The topological polar surface area (TPSA) is 55.6 Å². The van der Waals surface area contributed by atoms with E-state index in [1.54, 1.807) is 0 Å². The summed E-state index contributed by atoms with van der Waals surface area (Å²) in [5, 5.41) is 0. The molecule has 4 heteroatoms. The van der Waals surface area contributed by atoms with Crippen molar-refractivity contribution in [3.8, 4) is 0 Å². The lowest BCUT2D eigenvalue weighted by Crippen LogP contribution is -2.44. The van der Waals surface area contributed by atoms with Crippen LogP contribution in [0.25, 0.3) is 0 Å². The van der Waals surface area contributed by atoms with Crippen LogP contribution < -0.4 is 5.73 Å². The van der Waals surface area contributed by atoms with Crippen LogP contribution in [0.1, 0.15) is 55.6 Å². The summed E-state index contributed by atoms with van der Waals surface area (Å²) >= 11 is 0. The summed E-state index contributed by atoms with van der Waals surface area (Å²) < 4.78 is 6.53. The fourth-order valence-electron chi connectivity index (χ4n) is 4.80. The van der Waals surface area contributed by atoms with Crippen molar-refractivity contribution in [3.05, 3.63) is 35.4 Å². The van der Waals surface area contributed by atoms with Gasteiger partial charge in [-0.05, 0) is 56.1 Å². The first-order chi connectivity index (χ1) is 11.2. The minimum Gasteiger partial charge on any atom is -0.368 e. The van der Waals surface area contributed by atoms with E-state index in [4.69, 9.17) is 10.5 Å². The lowest BCUT2D eigenvalue weighted by Gasteiger charge is -2.34. The smallest absolute Gasteiger partial charge is 0.234 e. The van der Waals surface area contributed by atoms with E-state index in [9.17, 15) is 4.79 Å². The summed E-state index contributed by atoms with van der Waals surface area (Å²) in [5.74, 6) is 0.310. The van der Waals surface area contributed by atoms with Crippen LogP contribution in [0.4, 0.5) is 0 Å². The van der Waals surface area contributed by atoms with Crippen molar-refractivity contribution >= 4 is 5.91 Å². The molecule has 2 aliphatic heterocycles. The Labute approximate surface area is 138 Å². The first-order valence-corrected chi connectivity index (χ1v) is 9.02. The number of primary amides is 1. The van der Waals surface area contributed by atoms with E-state index in [0.29, 0.717) is 5.92 Å². The maximum Gasteiger partial charge on any atom is 0.234 e. The van der Waals surface area contributed by atoms with E-state index in [0.717, 1.165) is 32.2 Å². The van der Waals surface area contributed by atoms with Gasteiger partial charge in [-0.1, -0.05) is 24.3 Å². The lowest BCUT2D eigenvalue weighted by atomic mass is 9.78. The molecule has 1 aliphatic carbocycles.